The van der Waals surface area contributed by atoms with Gasteiger partial charge in [0.1, 0.15) is 18.9 Å². The Balaban J connectivity index is 2.92. The van der Waals surface area contributed by atoms with E-state index in [1.54, 1.807) is 0 Å². The summed E-state index contributed by atoms with van der Waals surface area (Å²) < 4.78 is 73.0. The molecule has 1 rings (SSSR count). The Morgan fingerprint density at radius 2 is 1.90 bits per heavy atom. The summed E-state index contributed by atoms with van der Waals surface area (Å²) in [5, 5.41) is 12.0. The zero-order valence-electron chi connectivity index (χ0n) is 10.8. The average molecular weight is 321 g/mol. The lowest BCUT2D eigenvalue weighted by atomic mass is 10.4. The summed E-state index contributed by atoms with van der Waals surface area (Å²) >= 11 is 0. The Kier molecular flexibility index (Phi) is 5.39. The first-order valence-corrected chi connectivity index (χ1v) is 5.65. The molecule has 21 heavy (non-hydrogen) atoms. The van der Waals surface area contributed by atoms with Crippen molar-refractivity contribution in [2.45, 2.75) is 25.4 Å². The second-order valence-electron chi connectivity index (χ2n) is 4.08. The topological polar surface area (TPSA) is 72.2 Å². The normalized spacial score (nSPS) is 22.3. The Morgan fingerprint density at radius 1 is 1.29 bits per heavy atom. The number of aliphatic imine (C=N–C) groups is 2. The molecule has 0 fully saturated rings. The van der Waals surface area contributed by atoms with Crippen LogP contribution in [0.1, 0.15) is 6.92 Å². The van der Waals surface area contributed by atoms with Gasteiger partial charge in [-0.25, -0.2) is 15.4 Å². The Labute approximate surface area is 115 Å². The molecular weight excluding hydrogens is 308 g/mol. The van der Waals surface area contributed by atoms with Crippen LogP contribution in [0.2, 0.25) is 0 Å². The van der Waals surface area contributed by atoms with Crippen LogP contribution in [0.3, 0.4) is 0 Å². The molecule has 0 amide bonds. The van der Waals surface area contributed by atoms with E-state index in [0.29, 0.717) is 5.01 Å². The van der Waals surface area contributed by atoms with Gasteiger partial charge in [-0.2, -0.15) is 26.3 Å². The van der Waals surface area contributed by atoms with Crippen LogP contribution in [0.4, 0.5) is 26.3 Å². The van der Waals surface area contributed by atoms with E-state index in [9.17, 15) is 26.3 Å². The molecular formula is C9H13F6N5O. The first-order valence-electron chi connectivity index (χ1n) is 5.65. The van der Waals surface area contributed by atoms with Crippen molar-refractivity contribution in [1.29, 1.82) is 0 Å². The van der Waals surface area contributed by atoms with Gasteiger partial charge < -0.3 is 10.4 Å². The fraction of sp³-hybridized carbons (Fsp3) is 0.778. The molecule has 1 aliphatic rings. The predicted molar refractivity (Wildman–Crippen MR) is 61.4 cm³/mol. The van der Waals surface area contributed by atoms with Gasteiger partial charge in [0.25, 0.3) is 0 Å². The highest BCUT2D eigenvalue weighted by atomic mass is 19.4. The maximum absolute atomic E-state index is 12.2. The van der Waals surface area contributed by atoms with Gasteiger partial charge in [-0.1, -0.05) is 0 Å². The van der Waals surface area contributed by atoms with E-state index >= 15 is 0 Å². The van der Waals surface area contributed by atoms with Gasteiger partial charge in [-0.3, -0.25) is 5.01 Å². The zero-order valence-corrected chi connectivity index (χ0v) is 10.8. The summed E-state index contributed by atoms with van der Waals surface area (Å²) in [5.41, 5.74) is 1.85. The molecule has 122 valence electrons. The molecule has 1 aliphatic heterocycles. The van der Waals surface area contributed by atoms with Gasteiger partial charge in [0, 0.05) is 0 Å². The van der Waals surface area contributed by atoms with E-state index in [0.717, 1.165) is 0 Å². The molecule has 6 nitrogen and oxygen atoms in total. The minimum absolute atomic E-state index is 0.125. The van der Waals surface area contributed by atoms with Crippen molar-refractivity contribution in [1.82, 2.24) is 15.8 Å². The number of aliphatic hydroxyl groups is 1. The number of nitrogens with one attached hydrogen (secondary N) is 2. The summed E-state index contributed by atoms with van der Waals surface area (Å²) in [7, 11) is 0. The van der Waals surface area contributed by atoms with Crippen molar-refractivity contribution in [2.75, 3.05) is 19.7 Å². The number of alkyl halides is 6. The van der Waals surface area contributed by atoms with Crippen molar-refractivity contribution in [3.05, 3.63) is 0 Å². The number of rotatable bonds is 4. The van der Waals surface area contributed by atoms with Gasteiger partial charge in [-0.05, 0) is 6.92 Å². The highest BCUT2D eigenvalue weighted by Gasteiger charge is 2.34. The minimum Gasteiger partial charge on any atom is -0.392 e. The standard InChI is InChI=1S/C9H13F6N5O/c1-5-18-6(2-21)20(17-4-9(13,14)15)7(19-5)16-3-8(10,11)12/h6,17,21H,2-4H2,1H3,(H,16,18,19). The number of hydrazine groups is 1. The number of guanidine groups is 1. The molecule has 1 heterocycles. The number of amidine groups is 1. The quantitative estimate of drug-likeness (QED) is 0.664. The number of hydrogen-bond acceptors (Lipinski definition) is 4. The van der Waals surface area contributed by atoms with Crippen LogP contribution in [0, 0.1) is 0 Å². The van der Waals surface area contributed by atoms with E-state index in [1.165, 1.54) is 6.92 Å². The molecule has 0 radical (unpaired) electrons. The third kappa shape index (κ3) is 6.16. The van der Waals surface area contributed by atoms with Crippen molar-refractivity contribution in [3.8, 4) is 0 Å². The second kappa shape index (κ2) is 6.47. The van der Waals surface area contributed by atoms with E-state index in [-0.39, 0.29) is 5.84 Å². The number of nitrogens with zero attached hydrogens (tertiary/aromatic N) is 3. The van der Waals surface area contributed by atoms with Crippen molar-refractivity contribution in [3.63, 3.8) is 0 Å². The number of aliphatic hydroxyl groups excluding tert-OH is 1. The lowest BCUT2D eigenvalue weighted by Gasteiger charge is -2.35. The first-order chi connectivity index (χ1) is 9.52. The molecule has 12 heteroatoms. The summed E-state index contributed by atoms with van der Waals surface area (Å²) in [6.45, 7) is -2.41. The average Bonchev–Trinajstić information content (AvgIpc) is 2.32. The molecule has 1 atom stereocenters. The first kappa shape index (κ1) is 17.5. The van der Waals surface area contributed by atoms with E-state index in [4.69, 9.17) is 5.11 Å². The minimum atomic E-state index is -4.61. The molecule has 0 spiro atoms. The van der Waals surface area contributed by atoms with Crippen LogP contribution in [0.25, 0.3) is 0 Å². The highest BCUT2D eigenvalue weighted by molar-refractivity contribution is 6.00. The van der Waals surface area contributed by atoms with E-state index < -0.39 is 44.2 Å². The molecule has 0 aromatic carbocycles. The van der Waals surface area contributed by atoms with Gasteiger partial charge in [0.15, 0.2) is 6.17 Å². The SMILES string of the molecule is CC1=NC(CO)N(NCC(F)(F)F)C(=NCC(F)(F)F)N1. The van der Waals surface area contributed by atoms with Crippen molar-refractivity contribution < 1.29 is 31.4 Å². The van der Waals surface area contributed by atoms with E-state index in [2.05, 4.69) is 15.3 Å². The van der Waals surface area contributed by atoms with Crippen molar-refractivity contribution >= 4 is 11.8 Å². The highest BCUT2D eigenvalue weighted by Crippen LogP contribution is 2.16. The molecule has 0 aromatic rings. The van der Waals surface area contributed by atoms with Crippen LogP contribution in [-0.2, 0) is 0 Å². The predicted octanol–water partition coefficient (Wildman–Crippen LogP) is 0.614. The van der Waals surface area contributed by atoms with Crippen LogP contribution in [0.5, 0.6) is 0 Å². The fourth-order valence-corrected chi connectivity index (χ4v) is 1.43. The Morgan fingerprint density at radius 3 is 2.38 bits per heavy atom. The summed E-state index contributed by atoms with van der Waals surface area (Å²) in [6.07, 6.45) is -10.4. The number of hydrogen-bond donors (Lipinski definition) is 3. The van der Waals surface area contributed by atoms with Crippen molar-refractivity contribution in [2.24, 2.45) is 9.98 Å². The van der Waals surface area contributed by atoms with Gasteiger partial charge in [0.05, 0.1) is 6.61 Å². The van der Waals surface area contributed by atoms with Gasteiger partial charge in [0.2, 0.25) is 5.96 Å². The van der Waals surface area contributed by atoms with Crippen LogP contribution in [-0.4, -0.2) is 60.1 Å². The third-order valence-corrected chi connectivity index (χ3v) is 2.18. The Bertz CT molecular complexity index is 418. The maximum Gasteiger partial charge on any atom is 0.408 e. The number of halogens is 6. The molecule has 0 saturated heterocycles. The third-order valence-electron chi connectivity index (χ3n) is 2.18. The molecule has 0 saturated carbocycles. The summed E-state index contributed by atoms with van der Waals surface area (Å²) in [5.74, 6) is -0.372. The molecule has 1 unspecified atom stereocenters. The smallest absolute Gasteiger partial charge is 0.392 e. The molecule has 0 aliphatic carbocycles. The molecule has 0 aromatic heterocycles. The van der Waals surface area contributed by atoms with Crippen LogP contribution >= 0.6 is 0 Å². The van der Waals surface area contributed by atoms with Gasteiger partial charge in [-0.15, -0.1) is 0 Å². The molecule has 0 bridgehead atoms. The summed E-state index contributed by atoms with van der Waals surface area (Å²) in [6, 6.07) is 0. The van der Waals surface area contributed by atoms with E-state index in [1.807, 2.05) is 5.43 Å². The van der Waals surface area contributed by atoms with Gasteiger partial charge >= 0.3 is 12.4 Å². The second-order valence-corrected chi connectivity index (χ2v) is 4.08. The molecule has 3 N–H and O–H groups in total. The summed E-state index contributed by atoms with van der Waals surface area (Å²) in [4.78, 5) is 6.94. The maximum atomic E-state index is 12.2. The lowest BCUT2D eigenvalue weighted by molar-refractivity contribution is -0.133. The largest absolute Gasteiger partial charge is 0.408 e. The monoisotopic (exact) mass is 321 g/mol. The lowest BCUT2D eigenvalue weighted by Crippen LogP contribution is -2.61. The fourth-order valence-electron chi connectivity index (χ4n) is 1.43. The van der Waals surface area contributed by atoms with Crippen LogP contribution < -0.4 is 10.7 Å². The van der Waals surface area contributed by atoms with Crippen LogP contribution in [0.15, 0.2) is 9.98 Å². The Hall–Kier alpha value is -1.56. The zero-order chi connectivity index (χ0) is 16.3.